The average molecular weight is 375 g/mol. The number of benzene rings is 2. The highest BCUT2D eigenvalue weighted by atomic mass is 79.9. The summed E-state index contributed by atoms with van der Waals surface area (Å²) in [6.07, 6.45) is 0. The van der Waals surface area contributed by atoms with Crippen LogP contribution in [0.25, 0.3) is 0 Å². The predicted molar refractivity (Wildman–Crippen MR) is 87.7 cm³/mol. The lowest BCUT2D eigenvalue weighted by molar-refractivity contribution is 0.262. The number of halogens is 3. The van der Waals surface area contributed by atoms with E-state index in [1.807, 2.05) is 0 Å². The molecule has 2 rings (SSSR count). The largest absolute Gasteiger partial charge is 0.399 e. The van der Waals surface area contributed by atoms with Crippen LogP contribution in [0.5, 0.6) is 0 Å². The molecule has 0 fully saturated rings. The molecule has 104 valence electrons. The van der Waals surface area contributed by atoms with Crippen molar-refractivity contribution < 1.29 is 4.79 Å². The van der Waals surface area contributed by atoms with E-state index in [-0.39, 0.29) is 5.02 Å². The quantitative estimate of drug-likeness (QED) is 0.512. The van der Waals surface area contributed by atoms with Gasteiger partial charge in [0.05, 0.1) is 15.7 Å². The van der Waals surface area contributed by atoms with E-state index >= 15 is 0 Å². The van der Waals surface area contributed by atoms with Crippen LogP contribution in [0.15, 0.2) is 40.9 Å². The van der Waals surface area contributed by atoms with Gasteiger partial charge in [0.25, 0.3) is 0 Å². The lowest BCUT2D eigenvalue weighted by atomic mass is 10.3. The molecule has 4 N–H and O–H groups in total. The Hall–Kier alpha value is -1.43. The maximum atomic E-state index is 11.9. The first kappa shape index (κ1) is 15.0. The fourth-order valence-corrected chi connectivity index (χ4v) is 2.34. The summed E-state index contributed by atoms with van der Waals surface area (Å²) in [5, 5.41) is 5.88. The number of urea groups is 1. The predicted octanol–water partition coefficient (Wildman–Crippen LogP) is 4.98. The van der Waals surface area contributed by atoms with E-state index in [4.69, 9.17) is 28.9 Å². The number of rotatable bonds is 2. The van der Waals surface area contributed by atoms with Crippen LogP contribution in [0.4, 0.5) is 21.9 Å². The van der Waals surface area contributed by atoms with Gasteiger partial charge in [-0.25, -0.2) is 4.79 Å². The van der Waals surface area contributed by atoms with Crippen molar-refractivity contribution in [1.29, 1.82) is 0 Å². The van der Waals surface area contributed by atoms with Gasteiger partial charge in [0.2, 0.25) is 0 Å². The standard InChI is InChI=1S/C13H10BrCl2N3O/c14-9-4-5-10(12(16)11(9)15)19-13(20)18-8-3-1-2-7(17)6-8/h1-6H,17H2,(H2,18,19,20). The van der Waals surface area contributed by atoms with Crippen LogP contribution in [-0.4, -0.2) is 6.03 Å². The molecular weight excluding hydrogens is 365 g/mol. The van der Waals surface area contributed by atoms with Gasteiger partial charge in [0, 0.05) is 15.8 Å². The van der Waals surface area contributed by atoms with Gasteiger partial charge in [-0.3, -0.25) is 0 Å². The number of nitrogen functional groups attached to an aromatic ring is 1. The van der Waals surface area contributed by atoms with Crippen molar-refractivity contribution in [3.63, 3.8) is 0 Å². The Bertz CT molecular complexity index is 664. The fourth-order valence-electron chi connectivity index (χ4n) is 1.52. The summed E-state index contributed by atoms with van der Waals surface area (Å²) >= 11 is 15.3. The van der Waals surface area contributed by atoms with Gasteiger partial charge in [-0.15, -0.1) is 0 Å². The Balaban J connectivity index is 2.11. The molecule has 0 spiro atoms. The van der Waals surface area contributed by atoms with Crippen LogP contribution >= 0.6 is 39.1 Å². The molecule has 20 heavy (non-hydrogen) atoms. The van der Waals surface area contributed by atoms with E-state index in [0.717, 1.165) is 0 Å². The van der Waals surface area contributed by atoms with E-state index in [2.05, 4.69) is 26.6 Å². The number of carbonyl (C=O) groups excluding carboxylic acids is 1. The molecule has 0 aliphatic rings. The molecule has 2 amide bonds. The first-order chi connectivity index (χ1) is 9.47. The lowest BCUT2D eigenvalue weighted by Gasteiger charge is -2.10. The fraction of sp³-hybridized carbons (Fsp3) is 0. The van der Waals surface area contributed by atoms with Crippen LogP contribution in [0.2, 0.25) is 10.0 Å². The minimum Gasteiger partial charge on any atom is -0.399 e. The number of nitrogens with two attached hydrogens (primary N) is 1. The van der Waals surface area contributed by atoms with E-state index in [1.165, 1.54) is 0 Å². The highest BCUT2D eigenvalue weighted by Crippen LogP contribution is 2.35. The van der Waals surface area contributed by atoms with E-state index in [9.17, 15) is 4.79 Å². The molecule has 0 aromatic heterocycles. The summed E-state index contributed by atoms with van der Waals surface area (Å²) in [7, 11) is 0. The Morgan fingerprint density at radius 3 is 2.55 bits per heavy atom. The van der Waals surface area contributed by atoms with Crippen LogP contribution in [0, 0.1) is 0 Å². The maximum absolute atomic E-state index is 11.9. The summed E-state index contributed by atoms with van der Waals surface area (Å²) < 4.78 is 0.658. The van der Waals surface area contributed by atoms with Gasteiger partial charge < -0.3 is 16.4 Å². The Morgan fingerprint density at radius 1 is 1.10 bits per heavy atom. The van der Waals surface area contributed by atoms with Gasteiger partial charge in [0.15, 0.2) is 0 Å². The molecule has 7 heteroatoms. The Kier molecular flexibility index (Phi) is 4.75. The van der Waals surface area contributed by atoms with Gasteiger partial charge in [-0.1, -0.05) is 29.3 Å². The van der Waals surface area contributed by atoms with Crippen LogP contribution < -0.4 is 16.4 Å². The summed E-state index contributed by atoms with van der Waals surface area (Å²) in [5.74, 6) is 0. The molecule has 0 saturated heterocycles. The van der Waals surface area contributed by atoms with Gasteiger partial charge in [-0.05, 0) is 46.3 Å². The van der Waals surface area contributed by atoms with Crippen molar-refractivity contribution in [3.8, 4) is 0 Å². The highest BCUT2D eigenvalue weighted by Gasteiger charge is 2.11. The second-order valence-corrected chi connectivity index (χ2v) is 5.54. The SMILES string of the molecule is Nc1cccc(NC(=O)Nc2ccc(Br)c(Cl)c2Cl)c1. The molecule has 0 aliphatic heterocycles. The maximum Gasteiger partial charge on any atom is 0.323 e. The van der Waals surface area contributed by atoms with Crippen LogP contribution in [0.1, 0.15) is 0 Å². The first-order valence-corrected chi connectivity index (χ1v) is 7.09. The molecule has 2 aromatic rings. The topological polar surface area (TPSA) is 67.1 Å². The zero-order valence-electron chi connectivity index (χ0n) is 10.1. The van der Waals surface area contributed by atoms with Crippen LogP contribution in [-0.2, 0) is 0 Å². The monoisotopic (exact) mass is 373 g/mol. The molecule has 0 heterocycles. The third-order valence-electron chi connectivity index (χ3n) is 2.43. The lowest BCUT2D eigenvalue weighted by Crippen LogP contribution is -2.19. The molecular formula is C13H10BrCl2N3O. The summed E-state index contributed by atoms with van der Waals surface area (Å²) in [6.45, 7) is 0. The number of hydrogen-bond acceptors (Lipinski definition) is 2. The number of hydrogen-bond donors (Lipinski definition) is 3. The second kappa shape index (κ2) is 6.35. The smallest absolute Gasteiger partial charge is 0.323 e. The van der Waals surface area contributed by atoms with Gasteiger partial charge in [0.1, 0.15) is 0 Å². The summed E-state index contributed by atoms with van der Waals surface area (Å²) in [5.41, 5.74) is 7.20. The zero-order valence-corrected chi connectivity index (χ0v) is 13.2. The molecule has 0 bridgehead atoms. The minimum absolute atomic E-state index is 0.267. The molecule has 0 saturated carbocycles. The van der Waals surface area contributed by atoms with Crippen molar-refractivity contribution >= 4 is 62.2 Å². The number of anilines is 3. The highest BCUT2D eigenvalue weighted by molar-refractivity contribution is 9.10. The average Bonchev–Trinajstić information content (AvgIpc) is 2.39. The van der Waals surface area contributed by atoms with Crippen LogP contribution in [0.3, 0.4) is 0 Å². The zero-order chi connectivity index (χ0) is 14.7. The van der Waals surface area contributed by atoms with E-state index in [0.29, 0.717) is 26.6 Å². The van der Waals surface area contributed by atoms with E-state index in [1.54, 1.807) is 36.4 Å². The van der Waals surface area contributed by atoms with E-state index < -0.39 is 6.03 Å². The molecule has 4 nitrogen and oxygen atoms in total. The van der Waals surface area contributed by atoms with Crippen molar-refractivity contribution in [2.45, 2.75) is 0 Å². The van der Waals surface area contributed by atoms with Gasteiger partial charge >= 0.3 is 6.03 Å². The number of amides is 2. The van der Waals surface area contributed by atoms with Crippen molar-refractivity contribution in [2.75, 3.05) is 16.4 Å². The molecule has 0 atom stereocenters. The number of nitrogens with one attached hydrogen (secondary N) is 2. The minimum atomic E-state index is -0.434. The second-order valence-electron chi connectivity index (χ2n) is 3.93. The Labute approximate surface area is 134 Å². The molecule has 0 aliphatic carbocycles. The molecule has 2 aromatic carbocycles. The van der Waals surface area contributed by atoms with Crippen molar-refractivity contribution in [2.24, 2.45) is 0 Å². The first-order valence-electron chi connectivity index (χ1n) is 5.54. The molecule has 0 unspecified atom stereocenters. The number of carbonyl (C=O) groups is 1. The Morgan fingerprint density at radius 2 is 1.85 bits per heavy atom. The van der Waals surface area contributed by atoms with Gasteiger partial charge in [-0.2, -0.15) is 0 Å². The summed E-state index contributed by atoms with van der Waals surface area (Å²) in [4.78, 5) is 11.9. The third-order valence-corrected chi connectivity index (χ3v) is 4.20. The van der Waals surface area contributed by atoms with Crippen molar-refractivity contribution in [3.05, 3.63) is 50.9 Å². The normalized spacial score (nSPS) is 10.2. The molecule has 0 radical (unpaired) electrons. The third kappa shape index (κ3) is 3.56. The van der Waals surface area contributed by atoms with Crippen molar-refractivity contribution in [1.82, 2.24) is 0 Å². The summed E-state index contributed by atoms with van der Waals surface area (Å²) in [6, 6.07) is 9.77.